The second kappa shape index (κ2) is 8.57. The summed E-state index contributed by atoms with van der Waals surface area (Å²) in [5.74, 6) is -0.169. The highest BCUT2D eigenvalue weighted by molar-refractivity contribution is 5.65. The van der Waals surface area contributed by atoms with E-state index in [0.29, 0.717) is 6.61 Å². The molecule has 0 saturated carbocycles. The number of carbonyl (C=O) groups excluding carboxylic acids is 1. The summed E-state index contributed by atoms with van der Waals surface area (Å²) in [6.07, 6.45) is 4.96. The summed E-state index contributed by atoms with van der Waals surface area (Å²) in [5.41, 5.74) is 0. The Kier molecular flexibility index (Phi) is 8.26. The Balaban J connectivity index is 4.01. The molecule has 0 radical (unpaired) electrons. The lowest BCUT2D eigenvalue weighted by molar-refractivity contribution is -0.910. The van der Waals surface area contributed by atoms with E-state index in [1.54, 1.807) is 0 Å². The molecule has 0 saturated heterocycles. The predicted octanol–water partition coefficient (Wildman–Crippen LogP) is 2.60. The minimum absolute atomic E-state index is 0.169. The summed E-state index contributed by atoms with van der Waals surface area (Å²) in [4.78, 5) is 10.7. The zero-order chi connectivity index (χ0) is 12.4. The summed E-state index contributed by atoms with van der Waals surface area (Å²) in [6.45, 7) is 9.79. The third-order valence-electron chi connectivity index (χ3n) is 3.04. The zero-order valence-corrected chi connectivity index (χ0v) is 11.4. The van der Waals surface area contributed by atoms with E-state index in [4.69, 9.17) is 4.74 Å². The number of unbranched alkanes of at least 4 members (excludes halogenated alkanes) is 2. The molecule has 0 aliphatic carbocycles. The van der Waals surface area contributed by atoms with Crippen molar-refractivity contribution in [2.75, 3.05) is 33.3 Å². The van der Waals surface area contributed by atoms with Crippen LogP contribution in [0.2, 0.25) is 0 Å². The Morgan fingerprint density at radius 2 is 1.56 bits per heavy atom. The van der Waals surface area contributed by atoms with Crippen molar-refractivity contribution in [3.63, 3.8) is 0 Å². The molecule has 0 bridgehead atoms. The standard InChI is InChI=1S/C13H28NO2/c1-5-7-9-14(4,10-8-6-2)11-12-16-13(3)15/h5-12H2,1-4H3/q+1. The van der Waals surface area contributed by atoms with Crippen LogP contribution in [0.3, 0.4) is 0 Å². The van der Waals surface area contributed by atoms with Crippen LogP contribution in [0, 0.1) is 0 Å². The maximum absolute atomic E-state index is 10.7. The van der Waals surface area contributed by atoms with Gasteiger partial charge in [-0.2, -0.15) is 0 Å². The maximum Gasteiger partial charge on any atom is 0.302 e. The van der Waals surface area contributed by atoms with Crippen molar-refractivity contribution in [2.24, 2.45) is 0 Å². The van der Waals surface area contributed by atoms with E-state index >= 15 is 0 Å². The molecule has 0 amide bonds. The second-order valence-corrected chi connectivity index (χ2v) is 4.84. The Morgan fingerprint density at radius 3 is 1.94 bits per heavy atom. The lowest BCUT2D eigenvalue weighted by Gasteiger charge is -2.34. The average Bonchev–Trinajstić information content (AvgIpc) is 2.23. The zero-order valence-electron chi connectivity index (χ0n) is 11.4. The van der Waals surface area contributed by atoms with Crippen LogP contribution in [0.1, 0.15) is 46.5 Å². The molecule has 0 fully saturated rings. The Morgan fingerprint density at radius 1 is 1.06 bits per heavy atom. The van der Waals surface area contributed by atoms with Gasteiger partial charge in [0.15, 0.2) is 0 Å². The number of likely N-dealkylation sites (N-methyl/N-ethyl adjacent to an activating group) is 1. The molecule has 0 spiro atoms. The first-order valence-corrected chi connectivity index (χ1v) is 6.51. The van der Waals surface area contributed by atoms with E-state index in [2.05, 4.69) is 20.9 Å². The van der Waals surface area contributed by atoms with Gasteiger partial charge in [0.1, 0.15) is 13.2 Å². The van der Waals surface area contributed by atoms with Crippen LogP contribution in [0.25, 0.3) is 0 Å². The molecule has 0 atom stereocenters. The van der Waals surface area contributed by atoms with Crippen molar-refractivity contribution < 1.29 is 14.0 Å². The van der Waals surface area contributed by atoms with Gasteiger partial charge in [0, 0.05) is 6.92 Å². The fraction of sp³-hybridized carbons (Fsp3) is 0.923. The quantitative estimate of drug-likeness (QED) is 0.449. The molecule has 0 N–H and O–H groups in total. The highest BCUT2D eigenvalue weighted by atomic mass is 16.5. The first-order valence-electron chi connectivity index (χ1n) is 6.51. The molecule has 0 rings (SSSR count). The average molecular weight is 230 g/mol. The van der Waals surface area contributed by atoms with Gasteiger partial charge in [0.25, 0.3) is 0 Å². The van der Waals surface area contributed by atoms with Crippen LogP contribution in [-0.2, 0) is 9.53 Å². The fourth-order valence-corrected chi connectivity index (χ4v) is 1.82. The normalized spacial score (nSPS) is 11.5. The molecule has 16 heavy (non-hydrogen) atoms. The molecule has 3 nitrogen and oxygen atoms in total. The predicted molar refractivity (Wildman–Crippen MR) is 67.2 cm³/mol. The Bertz CT molecular complexity index is 184. The molecule has 0 aromatic heterocycles. The van der Waals surface area contributed by atoms with E-state index in [1.165, 1.54) is 45.7 Å². The van der Waals surface area contributed by atoms with E-state index in [1.807, 2.05) is 0 Å². The van der Waals surface area contributed by atoms with Crippen LogP contribution in [0.5, 0.6) is 0 Å². The van der Waals surface area contributed by atoms with E-state index in [-0.39, 0.29) is 5.97 Å². The number of quaternary nitrogens is 1. The number of ether oxygens (including phenoxy) is 1. The molecule has 0 aromatic rings. The minimum Gasteiger partial charge on any atom is -0.460 e. The number of hydrogen-bond acceptors (Lipinski definition) is 2. The summed E-state index contributed by atoms with van der Waals surface area (Å²) in [5, 5.41) is 0. The van der Waals surface area contributed by atoms with Gasteiger partial charge in [0.05, 0.1) is 20.1 Å². The molecular formula is C13H28NO2+. The Hall–Kier alpha value is -0.570. The fourth-order valence-electron chi connectivity index (χ4n) is 1.82. The summed E-state index contributed by atoms with van der Waals surface area (Å²) < 4.78 is 6.08. The smallest absolute Gasteiger partial charge is 0.302 e. The van der Waals surface area contributed by atoms with Gasteiger partial charge in [-0.3, -0.25) is 4.79 Å². The molecule has 0 aliphatic rings. The van der Waals surface area contributed by atoms with E-state index < -0.39 is 0 Å². The molecule has 0 heterocycles. The summed E-state index contributed by atoms with van der Waals surface area (Å²) in [6, 6.07) is 0. The minimum atomic E-state index is -0.169. The molecule has 3 heteroatoms. The molecule has 0 unspecified atom stereocenters. The van der Waals surface area contributed by atoms with Gasteiger partial charge in [-0.25, -0.2) is 0 Å². The first-order chi connectivity index (χ1) is 7.54. The van der Waals surface area contributed by atoms with Gasteiger partial charge in [0.2, 0.25) is 0 Å². The number of nitrogens with zero attached hydrogens (tertiary/aromatic N) is 1. The number of esters is 1. The highest BCUT2D eigenvalue weighted by Gasteiger charge is 2.20. The van der Waals surface area contributed by atoms with Crippen molar-refractivity contribution in [3.8, 4) is 0 Å². The molecule has 96 valence electrons. The third-order valence-corrected chi connectivity index (χ3v) is 3.04. The number of rotatable bonds is 9. The van der Waals surface area contributed by atoms with Crippen molar-refractivity contribution in [2.45, 2.75) is 46.5 Å². The number of hydrogen-bond donors (Lipinski definition) is 0. The van der Waals surface area contributed by atoms with Gasteiger partial charge in [-0.1, -0.05) is 26.7 Å². The van der Waals surface area contributed by atoms with Crippen LogP contribution >= 0.6 is 0 Å². The van der Waals surface area contributed by atoms with Gasteiger partial charge >= 0.3 is 5.97 Å². The van der Waals surface area contributed by atoms with Crippen molar-refractivity contribution in [1.29, 1.82) is 0 Å². The van der Waals surface area contributed by atoms with Crippen molar-refractivity contribution >= 4 is 5.97 Å². The van der Waals surface area contributed by atoms with Gasteiger partial charge < -0.3 is 9.22 Å². The van der Waals surface area contributed by atoms with Crippen LogP contribution in [-0.4, -0.2) is 43.7 Å². The lowest BCUT2D eigenvalue weighted by Crippen LogP contribution is -2.47. The van der Waals surface area contributed by atoms with Crippen molar-refractivity contribution in [3.05, 3.63) is 0 Å². The molecule has 0 aromatic carbocycles. The topological polar surface area (TPSA) is 26.3 Å². The third kappa shape index (κ3) is 7.69. The first kappa shape index (κ1) is 15.4. The van der Waals surface area contributed by atoms with Gasteiger partial charge in [-0.05, 0) is 12.8 Å². The van der Waals surface area contributed by atoms with Crippen LogP contribution in [0.4, 0.5) is 0 Å². The van der Waals surface area contributed by atoms with Crippen LogP contribution in [0.15, 0.2) is 0 Å². The highest BCUT2D eigenvalue weighted by Crippen LogP contribution is 2.08. The van der Waals surface area contributed by atoms with Crippen LogP contribution < -0.4 is 0 Å². The van der Waals surface area contributed by atoms with E-state index in [0.717, 1.165) is 11.0 Å². The summed E-state index contributed by atoms with van der Waals surface area (Å²) >= 11 is 0. The lowest BCUT2D eigenvalue weighted by atomic mass is 10.2. The monoisotopic (exact) mass is 230 g/mol. The maximum atomic E-state index is 10.7. The van der Waals surface area contributed by atoms with Crippen molar-refractivity contribution in [1.82, 2.24) is 0 Å². The SMILES string of the molecule is CCCC[N+](C)(CCCC)CCOC(C)=O. The Labute approximate surface area is 100 Å². The second-order valence-electron chi connectivity index (χ2n) is 4.84. The van der Waals surface area contributed by atoms with Gasteiger partial charge in [-0.15, -0.1) is 0 Å². The molecular weight excluding hydrogens is 202 g/mol. The van der Waals surface area contributed by atoms with E-state index in [9.17, 15) is 4.79 Å². The summed E-state index contributed by atoms with van der Waals surface area (Å²) in [7, 11) is 2.27. The number of carbonyl (C=O) groups is 1. The largest absolute Gasteiger partial charge is 0.460 e. The molecule has 0 aliphatic heterocycles.